The van der Waals surface area contributed by atoms with Crippen LogP contribution < -0.4 is 11.3 Å². The molecule has 0 bridgehead atoms. The first kappa shape index (κ1) is 19.4. The molecule has 3 heterocycles. The molecule has 0 saturated carbocycles. The first-order valence-corrected chi connectivity index (χ1v) is 8.62. The number of alkyl halides is 2. The first-order valence-electron chi connectivity index (χ1n) is 8.24. The van der Waals surface area contributed by atoms with E-state index in [4.69, 9.17) is 17.3 Å². The Morgan fingerprint density at radius 1 is 1.41 bits per heavy atom. The van der Waals surface area contributed by atoms with Gasteiger partial charge in [-0.25, -0.2) is 8.78 Å². The zero-order valence-electron chi connectivity index (χ0n) is 14.5. The Bertz CT molecular complexity index is 884. The molecule has 0 aliphatic carbocycles. The highest BCUT2D eigenvalue weighted by atomic mass is 35.5. The number of hydrogen-bond acceptors (Lipinski definition) is 5. The number of nitrogens with two attached hydrogens (primary N) is 1. The molecule has 0 spiro atoms. The molecule has 2 aromatic heterocycles. The van der Waals surface area contributed by atoms with Crippen molar-refractivity contribution >= 4 is 17.5 Å². The number of pyridine rings is 1. The number of hydrogen-bond donors (Lipinski definition) is 2. The summed E-state index contributed by atoms with van der Waals surface area (Å²) in [6.45, 7) is 1.30. The number of amides is 1. The van der Waals surface area contributed by atoms with Crippen molar-refractivity contribution in [2.45, 2.75) is 30.7 Å². The van der Waals surface area contributed by atoms with Gasteiger partial charge in [0, 0.05) is 31.9 Å². The molecule has 27 heavy (non-hydrogen) atoms. The minimum Gasteiger partial charge on any atom is -0.368 e. The van der Waals surface area contributed by atoms with Crippen LogP contribution in [0, 0.1) is 0 Å². The maximum atomic E-state index is 14.6. The highest BCUT2D eigenvalue weighted by molar-refractivity contribution is 6.30. The van der Waals surface area contributed by atoms with Crippen LogP contribution in [0.5, 0.6) is 0 Å². The number of carbonyl (C=O) groups excluding carboxylic acids is 1. The Morgan fingerprint density at radius 3 is 2.70 bits per heavy atom. The summed E-state index contributed by atoms with van der Waals surface area (Å²) in [6.07, 6.45) is 3.01. The maximum Gasteiger partial charge on any atom is 0.266 e. The molecular weight excluding hydrogens is 380 g/mol. The van der Waals surface area contributed by atoms with E-state index >= 15 is 0 Å². The van der Waals surface area contributed by atoms with Crippen molar-refractivity contribution in [1.82, 2.24) is 19.9 Å². The molecule has 10 heteroatoms. The molecule has 1 aliphatic heterocycles. The van der Waals surface area contributed by atoms with Gasteiger partial charge in [0.05, 0.1) is 28.5 Å². The number of nitrogens with zero attached hydrogens (tertiary/aromatic N) is 3. The second-order valence-corrected chi connectivity index (χ2v) is 7.08. The van der Waals surface area contributed by atoms with Crippen molar-refractivity contribution < 1.29 is 13.6 Å². The van der Waals surface area contributed by atoms with Gasteiger partial charge in [0.25, 0.3) is 11.5 Å². The van der Waals surface area contributed by atoms with Gasteiger partial charge in [-0.3, -0.25) is 24.5 Å². The summed E-state index contributed by atoms with van der Waals surface area (Å²) in [5, 5.41) is 0.381. The van der Waals surface area contributed by atoms with E-state index in [1.54, 1.807) is 24.0 Å². The fraction of sp³-hybridized carbons (Fsp3) is 0.412. The summed E-state index contributed by atoms with van der Waals surface area (Å²) in [4.78, 5) is 35.4. The molecule has 2 aromatic rings. The average molecular weight is 398 g/mol. The van der Waals surface area contributed by atoms with Gasteiger partial charge >= 0.3 is 0 Å². The lowest BCUT2D eigenvalue weighted by Gasteiger charge is -2.45. The van der Waals surface area contributed by atoms with E-state index in [-0.39, 0.29) is 18.8 Å². The van der Waals surface area contributed by atoms with Crippen LogP contribution >= 0.6 is 11.6 Å². The van der Waals surface area contributed by atoms with Gasteiger partial charge < -0.3 is 10.7 Å². The van der Waals surface area contributed by atoms with E-state index in [2.05, 4.69) is 15.0 Å². The number of halogens is 3. The number of aromatic nitrogens is 3. The second-order valence-electron chi connectivity index (χ2n) is 6.64. The number of piperidine rings is 1. The average Bonchev–Trinajstić information content (AvgIpc) is 2.62. The smallest absolute Gasteiger partial charge is 0.266 e. The van der Waals surface area contributed by atoms with Crippen molar-refractivity contribution in [3.8, 4) is 0 Å². The highest BCUT2D eigenvalue weighted by Gasteiger charge is 2.51. The SMILES string of the molecule is CC(C(N)=O)(c1ccc(Cl)cn1)N1CCC(F)(F)[C@@H](c2c[nH]c(=O)cn2)C1. The Balaban J connectivity index is 1.99. The van der Waals surface area contributed by atoms with E-state index < -0.39 is 35.3 Å². The highest BCUT2D eigenvalue weighted by Crippen LogP contribution is 2.43. The predicted octanol–water partition coefficient (Wildman–Crippen LogP) is 1.64. The molecule has 3 rings (SSSR count). The monoisotopic (exact) mass is 397 g/mol. The Morgan fingerprint density at radius 2 is 2.15 bits per heavy atom. The van der Waals surface area contributed by atoms with Gasteiger partial charge in [0.1, 0.15) is 5.54 Å². The van der Waals surface area contributed by atoms with Crippen LogP contribution in [-0.2, 0) is 10.3 Å². The molecule has 3 N–H and O–H groups in total. The van der Waals surface area contributed by atoms with Gasteiger partial charge in [-0.2, -0.15) is 0 Å². The van der Waals surface area contributed by atoms with Crippen molar-refractivity contribution in [3.63, 3.8) is 0 Å². The molecule has 144 valence electrons. The Hall–Kier alpha value is -2.39. The molecule has 7 nitrogen and oxygen atoms in total. The second kappa shape index (κ2) is 6.97. The summed E-state index contributed by atoms with van der Waals surface area (Å²) in [7, 11) is 0. The molecule has 0 aromatic carbocycles. The van der Waals surface area contributed by atoms with Crippen LogP contribution in [0.1, 0.15) is 30.7 Å². The van der Waals surface area contributed by atoms with E-state index in [9.17, 15) is 18.4 Å². The van der Waals surface area contributed by atoms with Crippen molar-refractivity contribution in [3.05, 3.63) is 57.5 Å². The van der Waals surface area contributed by atoms with Gasteiger partial charge in [-0.15, -0.1) is 0 Å². The van der Waals surface area contributed by atoms with E-state index in [0.29, 0.717) is 10.7 Å². The molecule has 1 saturated heterocycles. The van der Waals surface area contributed by atoms with Gasteiger partial charge in [0.2, 0.25) is 5.91 Å². The largest absolute Gasteiger partial charge is 0.368 e. The standard InChI is InChI=1S/C17H18ClF2N5O2/c1-16(15(21)27,13-3-2-10(18)6-23-13)25-5-4-17(19,20)11(9-25)12-7-24-14(26)8-22-12/h2-3,6-8,11H,4-5,9H2,1H3,(H2,21,27)(H,24,26)/t11-,16?/m1/s1. The molecule has 1 unspecified atom stereocenters. The third kappa shape index (κ3) is 3.57. The van der Waals surface area contributed by atoms with Crippen LogP contribution in [0.15, 0.2) is 35.5 Å². The molecule has 2 atom stereocenters. The summed E-state index contributed by atoms with van der Waals surface area (Å²) in [5.74, 6) is -5.07. The fourth-order valence-electron chi connectivity index (χ4n) is 3.27. The van der Waals surface area contributed by atoms with E-state index in [1.807, 2.05) is 0 Å². The number of primary amides is 1. The summed E-state index contributed by atoms with van der Waals surface area (Å²) in [5.41, 5.74) is 4.11. The molecule has 1 aliphatic rings. The van der Waals surface area contributed by atoms with Crippen LogP contribution in [0.2, 0.25) is 5.02 Å². The van der Waals surface area contributed by atoms with E-state index in [0.717, 1.165) is 6.20 Å². The minimum absolute atomic E-state index is 0.0418. The van der Waals surface area contributed by atoms with Crippen LogP contribution in [0.25, 0.3) is 0 Å². The maximum absolute atomic E-state index is 14.6. The van der Waals surface area contributed by atoms with E-state index in [1.165, 1.54) is 12.4 Å². The number of aromatic amines is 1. The topological polar surface area (TPSA) is 105 Å². The zero-order chi connectivity index (χ0) is 19.8. The molecular formula is C17H18ClF2N5O2. The quantitative estimate of drug-likeness (QED) is 0.816. The number of carbonyl (C=O) groups is 1. The summed E-state index contributed by atoms with van der Waals surface area (Å²) >= 11 is 5.85. The Kier molecular flexibility index (Phi) is 5.00. The van der Waals surface area contributed by atoms with Gasteiger partial charge in [-0.1, -0.05) is 11.6 Å². The fourth-order valence-corrected chi connectivity index (χ4v) is 3.38. The number of rotatable bonds is 4. The molecule has 1 fully saturated rings. The Labute approximate surface area is 158 Å². The molecule has 0 radical (unpaired) electrons. The zero-order valence-corrected chi connectivity index (χ0v) is 15.2. The third-order valence-corrected chi connectivity index (χ3v) is 5.24. The summed E-state index contributed by atoms with van der Waals surface area (Å²) in [6, 6.07) is 3.11. The number of nitrogens with one attached hydrogen (secondary N) is 1. The normalized spacial score (nSPS) is 22.1. The van der Waals surface area contributed by atoms with Crippen LogP contribution in [-0.4, -0.2) is 44.8 Å². The number of likely N-dealkylation sites (tertiary alicyclic amines) is 1. The minimum atomic E-state index is -3.05. The van der Waals surface area contributed by atoms with Gasteiger partial charge in [-0.05, 0) is 19.1 Å². The third-order valence-electron chi connectivity index (χ3n) is 5.02. The molecule has 1 amide bonds. The van der Waals surface area contributed by atoms with Crippen molar-refractivity contribution in [2.24, 2.45) is 5.73 Å². The lowest BCUT2D eigenvalue weighted by molar-refractivity contribution is -0.139. The van der Waals surface area contributed by atoms with Crippen molar-refractivity contribution in [1.29, 1.82) is 0 Å². The van der Waals surface area contributed by atoms with Crippen molar-refractivity contribution in [2.75, 3.05) is 13.1 Å². The number of H-pyrrole nitrogens is 1. The van der Waals surface area contributed by atoms with Gasteiger partial charge in [0.15, 0.2) is 0 Å². The lowest BCUT2D eigenvalue weighted by Crippen LogP contribution is -2.59. The van der Waals surface area contributed by atoms with Crippen LogP contribution in [0.3, 0.4) is 0 Å². The lowest BCUT2D eigenvalue weighted by atomic mass is 9.85. The predicted molar refractivity (Wildman–Crippen MR) is 94.5 cm³/mol. The first-order chi connectivity index (χ1) is 12.6. The summed E-state index contributed by atoms with van der Waals surface area (Å²) < 4.78 is 29.1. The van der Waals surface area contributed by atoms with Crippen LogP contribution in [0.4, 0.5) is 8.78 Å².